The molecule has 0 bridgehead atoms. The van der Waals surface area contributed by atoms with Crippen LogP contribution in [0.4, 0.5) is 0 Å². The molecule has 0 spiro atoms. The minimum Gasteiger partial charge on any atom is -0.458 e. The topological polar surface area (TPSA) is 81.4 Å². The molecule has 0 radical (unpaired) electrons. The van der Waals surface area contributed by atoms with Gasteiger partial charge in [-0.05, 0) is 32.8 Å². The number of ether oxygens (including phenoxy) is 1. The molecule has 0 saturated carbocycles. The fraction of sp³-hybridized carbons (Fsp3) is 0.444. The van der Waals surface area contributed by atoms with Gasteiger partial charge in [-0.3, -0.25) is 4.79 Å². The van der Waals surface area contributed by atoms with E-state index >= 15 is 0 Å². The Morgan fingerprint density at radius 1 is 1.30 bits per heavy atom. The number of nitrogens with two attached hydrogens (primary N) is 1. The Hall–Kier alpha value is -2.14. The quantitative estimate of drug-likeness (QED) is 0.595. The van der Waals surface area contributed by atoms with Crippen LogP contribution in [0.25, 0.3) is 0 Å². The van der Waals surface area contributed by atoms with Crippen LogP contribution in [0, 0.1) is 0 Å². The van der Waals surface area contributed by atoms with Crippen LogP contribution in [0.1, 0.15) is 32.8 Å². The Morgan fingerprint density at radius 3 is 2.43 bits per heavy atom. The van der Waals surface area contributed by atoms with E-state index in [0.717, 1.165) is 5.56 Å². The predicted octanol–water partition coefficient (Wildman–Crippen LogP) is 1.96. The van der Waals surface area contributed by atoms with Gasteiger partial charge in [0.1, 0.15) is 11.6 Å². The number of hydrogen-bond donors (Lipinski definition) is 2. The van der Waals surface area contributed by atoms with Crippen molar-refractivity contribution in [2.45, 2.75) is 51.3 Å². The molecule has 1 aromatic rings. The van der Waals surface area contributed by atoms with E-state index in [1.807, 2.05) is 30.3 Å². The van der Waals surface area contributed by atoms with E-state index in [1.54, 1.807) is 26.8 Å². The van der Waals surface area contributed by atoms with Gasteiger partial charge in [0.15, 0.2) is 0 Å². The molecule has 5 nitrogen and oxygen atoms in total. The smallest absolute Gasteiger partial charge is 0.329 e. The molecule has 0 aliphatic carbocycles. The summed E-state index contributed by atoms with van der Waals surface area (Å²) >= 11 is 0. The SMILES string of the molecule is C=CC[C@H](N)C(=O)N[C@@H](Cc1ccccc1)C(=O)OC(C)(C)C. The third kappa shape index (κ3) is 7.10. The maximum atomic E-state index is 12.4. The Bertz CT molecular complexity index is 535. The average Bonchev–Trinajstić information content (AvgIpc) is 2.46. The highest BCUT2D eigenvalue weighted by Crippen LogP contribution is 2.12. The zero-order chi connectivity index (χ0) is 17.5. The van der Waals surface area contributed by atoms with Gasteiger partial charge in [0.25, 0.3) is 0 Å². The number of hydrogen-bond acceptors (Lipinski definition) is 4. The van der Waals surface area contributed by atoms with Crippen LogP contribution < -0.4 is 11.1 Å². The zero-order valence-electron chi connectivity index (χ0n) is 14.0. The first-order valence-electron chi connectivity index (χ1n) is 7.66. The lowest BCUT2D eigenvalue weighted by molar-refractivity contribution is -0.158. The number of esters is 1. The molecule has 0 saturated heterocycles. The molecule has 0 aromatic heterocycles. The molecule has 3 N–H and O–H groups in total. The van der Waals surface area contributed by atoms with Crippen LogP contribution >= 0.6 is 0 Å². The van der Waals surface area contributed by atoms with Gasteiger partial charge in [0, 0.05) is 6.42 Å². The third-order valence-corrected chi connectivity index (χ3v) is 3.05. The second-order valence-electron chi connectivity index (χ2n) is 6.42. The summed E-state index contributed by atoms with van der Waals surface area (Å²) in [6.07, 6.45) is 2.27. The number of benzene rings is 1. The van der Waals surface area contributed by atoms with Gasteiger partial charge >= 0.3 is 5.97 Å². The van der Waals surface area contributed by atoms with Crippen molar-refractivity contribution in [1.29, 1.82) is 0 Å². The van der Waals surface area contributed by atoms with Crippen LogP contribution in [-0.2, 0) is 20.7 Å². The summed E-state index contributed by atoms with van der Waals surface area (Å²) in [6.45, 7) is 8.92. The number of carbonyl (C=O) groups is 2. The Balaban J connectivity index is 2.85. The molecule has 1 rings (SSSR count). The molecule has 126 valence electrons. The lowest BCUT2D eigenvalue weighted by atomic mass is 10.0. The first kappa shape index (κ1) is 18.9. The predicted molar refractivity (Wildman–Crippen MR) is 90.7 cm³/mol. The van der Waals surface area contributed by atoms with Gasteiger partial charge in [0.2, 0.25) is 5.91 Å². The molecule has 0 aliphatic heterocycles. The molecule has 0 heterocycles. The van der Waals surface area contributed by atoms with Crippen molar-refractivity contribution in [3.8, 4) is 0 Å². The van der Waals surface area contributed by atoms with E-state index in [9.17, 15) is 9.59 Å². The van der Waals surface area contributed by atoms with Crippen LogP contribution in [0.2, 0.25) is 0 Å². The van der Waals surface area contributed by atoms with E-state index in [1.165, 1.54) is 0 Å². The lowest BCUT2D eigenvalue weighted by Gasteiger charge is -2.25. The molecular weight excluding hydrogens is 292 g/mol. The molecule has 1 amide bonds. The molecule has 1 aromatic carbocycles. The van der Waals surface area contributed by atoms with Gasteiger partial charge < -0.3 is 15.8 Å². The number of carbonyl (C=O) groups excluding carboxylic acids is 2. The minimum absolute atomic E-state index is 0.345. The van der Waals surface area contributed by atoms with E-state index in [4.69, 9.17) is 10.5 Å². The van der Waals surface area contributed by atoms with Gasteiger partial charge in [-0.1, -0.05) is 36.4 Å². The molecule has 0 aliphatic rings. The lowest BCUT2D eigenvalue weighted by Crippen LogP contribution is -2.50. The highest BCUT2D eigenvalue weighted by Gasteiger charge is 2.28. The van der Waals surface area contributed by atoms with Crippen molar-refractivity contribution in [1.82, 2.24) is 5.32 Å². The molecule has 5 heteroatoms. The van der Waals surface area contributed by atoms with Crippen LogP contribution in [0.15, 0.2) is 43.0 Å². The number of rotatable bonds is 7. The van der Waals surface area contributed by atoms with Crippen LogP contribution in [0.3, 0.4) is 0 Å². The second kappa shape index (κ2) is 8.48. The van der Waals surface area contributed by atoms with Gasteiger partial charge in [-0.25, -0.2) is 4.79 Å². The van der Waals surface area contributed by atoms with E-state index < -0.39 is 29.6 Å². The van der Waals surface area contributed by atoms with Crippen molar-refractivity contribution >= 4 is 11.9 Å². The van der Waals surface area contributed by atoms with E-state index in [0.29, 0.717) is 12.8 Å². The van der Waals surface area contributed by atoms with Crippen molar-refractivity contribution in [3.63, 3.8) is 0 Å². The molecule has 0 fully saturated rings. The molecule has 0 unspecified atom stereocenters. The summed E-state index contributed by atoms with van der Waals surface area (Å²) in [4.78, 5) is 24.5. The first-order chi connectivity index (χ1) is 10.7. The maximum Gasteiger partial charge on any atom is 0.329 e. The standard InChI is InChI=1S/C18H26N2O3/c1-5-9-14(19)16(21)20-15(17(22)23-18(2,3)4)12-13-10-7-6-8-11-13/h5-8,10-11,14-15H,1,9,12,19H2,2-4H3,(H,20,21)/t14-,15-/m0/s1. The number of nitrogens with one attached hydrogen (secondary N) is 1. The largest absolute Gasteiger partial charge is 0.458 e. The zero-order valence-corrected chi connectivity index (χ0v) is 14.0. The van der Waals surface area contributed by atoms with Crippen molar-refractivity contribution in [2.24, 2.45) is 5.73 Å². The van der Waals surface area contributed by atoms with E-state index in [-0.39, 0.29) is 0 Å². The van der Waals surface area contributed by atoms with E-state index in [2.05, 4.69) is 11.9 Å². The van der Waals surface area contributed by atoms with Gasteiger partial charge in [-0.15, -0.1) is 6.58 Å². The fourth-order valence-electron chi connectivity index (χ4n) is 1.98. The Labute approximate surface area is 137 Å². The first-order valence-corrected chi connectivity index (χ1v) is 7.66. The van der Waals surface area contributed by atoms with Crippen molar-refractivity contribution in [3.05, 3.63) is 48.6 Å². The van der Waals surface area contributed by atoms with Gasteiger partial charge in [0.05, 0.1) is 6.04 Å². The molecule has 2 atom stereocenters. The summed E-state index contributed by atoms with van der Waals surface area (Å²) in [5.74, 6) is -0.864. The average molecular weight is 318 g/mol. The van der Waals surface area contributed by atoms with Gasteiger partial charge in [-0.2, -0.15) is 0 Å². The summed E-state index contributed by atoms with van der Waals surface area (Å²) in [7, 11) is 0. The molecule has 23 heavy (non-hydrogen) atoms. The van der Waals surface area contributed by atoms with Crippen molar-refractivity contribution in [2.75, 3.05) is 0 Å². The van der Waals surface area contributed by atoms with Crippen molar-refractivity contribution < 1.29 is 14.3 Å². The number of amides is 1. The monoisotopic (exact) mass is 318 g/mol. The highest BCUT2D eigenvalue weighted by molar-refractivity contribution is 5.87. The Morgan fingerprint density at radius 2 is 1.91 bits per heavy atom. The maximum absolute atomic E-state index is 12.4. The minimum atomic E-state index is -0.778. The van der Waals surface area contributed by atoms with Crippen LogP contribution in [0.5, 0.6) is 0 Å². The third-order valence-electron chi connectivity index (χ3n) is 3.05. The normalized spacial score (nSPS) is 13.7. The van der Waals surface area contributed by atoms with Crippen LogP contribution in [-0.4, -0.2) is 29.6 Å². The fourth-order valence-corrected chi connectivity index (χ4v) is 1.98. The second-order valence-corrected chi connectivity index (χ2v) is 6.42. The molecular formula is C18H26N2O3. The Kier molecular flexibility index (Phi) is 6.97. The summed E-state index contributed by atoms with van der Waals surface area (Å²) in [5, 5.41) is 2.69. The summed E-state index contributed by atoms with van der Waals surface area (Å²) in [6, 6.07) is 7.94. The summed E-state index contributed by atoms with van der Waals surface area (Å²) < 4.78 is 5.40. The summed E-state index contributed by atoms with van der Waals surface area (Å²) in [5.41, 5.74) is 6.07. The highest BCUT2D eigenvalue weighted by atomic mass is 16.6.